The van der Waals surface area contributed by atoms with Gasteiger partial charge in [-0.2, -0.15) is 0 Å². The molecule has 0 fully saturated rings. The second-order valence-electron chi connectivity index (χ2n) is 4.34. The molecule has 0 aliphatic heterocycles. The maximum Gasteiger partial charge on any atom is 0.110 e. The van der Waals surface area contributed by atoms with Crippen LogP contribution in [0.3, 0.4) is 0 Å². The van der Waals surface area contributed by atoms with Gasteiger partial charge in [-0.15, -0.1) is 11.3 Å². The highest BCUT2D eigenvalue weighted by Gasteiger charge is 2.15. The van der Waals surface area contributed by atoms with E-state index in [1.54, 1.807) is 0 Å². The van der Waals surface area contributed by atoms with Crippen molar-refractivity contribution in [2.75, 3.05) is 6.54 Å². The summed E-state index contributed by atoms with van der Waals surface area (Å²) in [5.74, 6) is 0. The molecule has 0 saturated carbocycles. The molecule has 1 heterocycles. The fourth-order valence-electron chi connectivity index (χ4n) is 1.69. The van der Waals surface area contributed by atoms with E-state index < -0.39 is 0 Å². The number of unbranched alkanes of at least 4 members (excludes halogenated alkanes) is 1. The predicted molar refractivity (Wildman–Crippen MR) is 72.1 cm³/mol. The van der Waals surface area contributed by atoms with Crippen LogP contribution >= 0.6 is 11.3 Å². The van der Waals surface area contributed by atoms with Gasteiger partial charge in [0.25, 0.3) is 0 Å². The average Bonchev–Trinajstić information content (AvgIpc) is 2.59. The van der Waals surface area contributed by atoms with E-state index in [4.69, 9.17) is 0 Å². The van der Waals surface area contributed by atoms with Crippen LogP contribution in [0.25, 0.3) is 0 Å². The first-order chi connectivity index (χ1) is 7.69. The van der Waals surface area contributed by atoms with Crippen molar-refractivity contribution in [2.24, 2.45) is 0 Å². The molecular formula is C13H24N2S. The van der Waals surface area contributed by atoms with Crippen LogP contribution < -0.4 is 5.32 Å². The van der Waals surface area contributed by atoms with Crippen molar-refractivity contribution in [1.29, 1.82) is 0 Å². The monoisotopic (exact) mass is 240 g/mol. The number of nitrogens with zero attached hydrogens (tertiary/aromatic N) is 1. The number of hydrogen-bond acceptors (Lipinski definition) is 3. The van der Waals surface area contributed by atoms with Crippen LogP contribution in [0.5, 0.6) is 0 Å². The quantitative estimate of drug-likeness (QED) is 0.779. The molecule has 16 heavy (non-hydrogen) atoms. The van der Waals surface area contributed by atoms with Gasteiger partial charge in [0.05, 0.1) is 11.7 Å². The van der Waals surface area contributed by atoms with E-state index in [1.165, 1.54) is 41.3 Å². The third-order valence-electron chi connectivity index (χ3n) is 2.83. The van der Waals surface area contributed by atoms with E-state index in [2.05, 4.69) is 38.0 Å². The number of aryl methyl sites for hydroxylation is 2. The molecule has 1 aromatic rings. The topological polar surface area (TPSA) is 24.9 Å². The first kappa shape index (κ1) is 13.7. The lowest BCUT2D eigenvalue weighted by atomic mass is 10.1. The first-order valence-electron chi connectivity index (χ1n) is 6.36. The normalized spacial score (nSPS) is 13.0. The van der Waals surface area contributed by atoms with Crippen molar-refractivity contribution < 1.29 is 0 Å². The third kappa shape index (κ3) is 3.87. The summed E-state index contributed by atoms with van der Waals surface area (Å²) in [5, 5.41) is 4.88. The van der Waals surface area contributed by atoms with Crippen LogP contribution in [-0.4, -0.2) is 11.5 Å². The van der Waals surface area contributed by atoms with Crippen LogP contribution in [0.1, 0.15) is 61.2 Å². The zero-order valence-corrected chi connectivity index (χ0v) is 11.8. The molecule has 1 unspecified atom stereocenters. The van der Waals surface area contributed by atoms with Crippen molar-refractivity contribution in [2.45, 2.75) is 59.4 Å². The molecule has 0 radical (unpaired) electrons. The Balaban J connectivity index is 2.66. The SMILES string of the molecule is CCCCC(NCCC)c1nc(C)c(C)s1. The predicted octanol–water partition coefficient (Wildman–Crippen LogP) is 3.99. The molecule has 0 aromatic carbocycles. The van der Waals surface area contributed by atoms with Gasteiger partial charge < -0.3 is 5.32 Å². The zero-order valence-electron chi connectivity index (χ0n) is 11.0. The second-order valence-corrected chi connectivity index (χ2v) is 5.58. The van der Waals surface area contributed by atoms with Gasteiger partial charge in [-0.05, 0) is 33.2 Å². The van der Waals surface area contributed by atoms with Crippen LogP contribution in [0.2, 0.25) is 0 Å². The fourth-order valence-corrected chi connectivity index (χ4v) is 2.72. The third-order valence-corrected chi connectivity index (χ3v) is 4.02. The Hall–Kier alpha value is -0.410. The van der Waals surface area contributed by atoms with E-state index in [0.717, 1.165) is 6.54 Å². The molecule has 92 valence electrons. The van der Waals surface area contributed by atoms with Gasteiger partial charge in [-0.3, -0.25) is 0 Å². The van der Waals surface area contributed by atoms with Crippen LogP contribution in [0, 0.1) is 13.8 Å². The minimum absolute atomic E-state index is 0.470. The Kier molecular flexibility index (Phi) is 5.99. The number of aromatic nitrogens is 1. The van der Waals surface area contributed by atoms with Crippen molar-refractivity contribution in [3.8, 4) is 0 Å². The Morgan fingerprint density at radius 1 is 1.25 bits per heavy atom. The fraction of sp³-hybridized carbons (Fsp3) is 0.769. The summed E-state index contributed by atoms with van der Waals surface area (Å²) in [7, 11) is 0. The van der Waals surface area contributed by atoms with E-state index >= 15 is 0 Å². The van der Waals surface area contributed by atoms with E-state index in [0.29, 0.717) is 6.04 Å². The molecule has 2 nitrogen and oxygen atoms in total. The van der Waals surface area contributed by atoms with Crippen molar-refractivity contribution in [1.82, 2.24) is 10.3 Å². The molecule has 3 heteroatoms. The molecule has 1 atom stereocenters. The molecule has 1 aromatic heterocycles. The molecule has 0 saturated heterocycles. The highest BCUT2D eigenvalue weighted by Crippen LogP contribution is 2.26. The molecule has 1 N–H and O–H groups in total. The lowest BCUT2D eigenvalue weighted by Gasteiger charge is -2.15. The van der Waals surface area contributed by atoms with Crippen molar-refractivity contribution in [3.05, 3.63) is 15.6 Å². The van der Waals surface area contributed by atoms with Crippen molar-refractivity contribution >= 4 is 11.3 Å². The van der Waals surface area contributed by atoms with E-state index in [-0.39, 0.29) is 0 Å². The van der Waals surface area contributed by atoms with Gasteiger partial charge in [-0.25, -0.2) is 4.98 Å². The van der Waals surface area contributed by atoms with E-state index in [9.17, 15) is 0 Å². The van der Waals surface area contributed by atoms with Crippen LogP contribution in [-0.2, 0) is 0 Å². The Labute approximate surface area is 103 Å². The summed E-state index contributed by atoms with van der Waals surface area (Å²) in [6.45, 7) is 9.81. The smallest absolute Gasteiger partial charge is 0.110 e. The van der Waals surface area contributed by atoms with Crippen LogP contribution in [0.4, 0.5) is 0 Å². The van der Waals surface area contributed by atoms with Gasteiger partial charge in [0.2, 0.25) is 0 Å². The first-order valence-corrected chi connectivity index (χ1v) is 7.18. The lowest BCUT2D eigenvalue weighted by molar-refractivity contribution is 0.479. The largest absolute Gasteiger partial charge is 0.308 e. The maximum absolute atomic E-state index is 4.67. The Bertz CT molecular complexity index is 279. The van der Waals surface area contributed by atoms with E-state index in [1.807, 2.05) is 11.3 Å². The zero-order chi connectivity index (χ0) is 12.0. The number of rotatable bonds is 7. The summed E-state index contributed by atoms with van der Waals surface area (Å²) < 4.78 is 0. The Morgan fingerprint density at radius 2 is 2.00 bits per heavy atom. The summed E-state index contributed by atoms with van der Waals surface area (Å²) in [6.07, 6.45) is 4.93. The summed E-state index contributed by atoms with van der Waals surface area (Å²) in [5.41, 5.74) is 1.19. The summed E-state index contributed by atoms with van der Waals surface area (Å²) in [4.78, 5) is 6.03. The average molecular weight is 240 g/mol. The maximum atomic E-state index is 4.67. The van der Waals surface area contributed by atoms with Gasteiger partial charge in [0, 0.05) is 4.88 Å². The van der Waals surface area contributed by atoms with Gasteiger partial charge >= 0.3 is 0 Å². The second kappa shape index (κ2) is 7.02. The number of hydrogen-bond donors (Lipinski definition) is 1. The van der Waals surface area contributed by atoms with Crippen LogP contribution in [0.15, 0.2) is 0 Å². The highest BCUT2D eigenvalue weighted by atomic mass is 32.1. The molecule has 0 spiro atoms. The molecule has 1 rings (SSSR count). The van der Waals surface area contributed by atoms with Gasteiger partial charge in [0.1, 0.15) is 5.01 Å². The molecule has 0 amide bonds. The molecule has 0 aliphatic carbocycles. The minimum Gasteiger partial charge on any atom is -0.308 e. The molecule has 0 aliphatic rings. The molecule has 0 bridgehead atoms. The highest BCUT2D eigenvalue weighted by molar-refractivity contribution is 7.11. The van der Waals surface area contributed by atoms with Gasteiger partial charge in [0.15, 0.2) is 0 Å². The molecular weight excluding hydrogens is 216 g/mol. The van der Waals surface area contributed by atoms with Crippen molar-refractivity contribution in [3.63, 3.8) is 0 Å². The van der Waals surface area contributed by atoms with Gasteiger partial charge in [-0.1, -0.05) is 26.7 Å². The Morgan fingerprint density at radius 3 is 2.50 bits per heavy atom. The minimum atomic E-state index is 0.470. The number of thiazole rings is 1. The summed E-state index contributed by atoms with van der Waals surface area (Å²) >= 11 is 1.85. The standard InChI is InChI=1S/C13H24N2S/c1-5-7-8-12(14-9-6-2)13-15-10(3)11(4)16-13/h12,14H,5-9H2,1-4H3. The summed E-state index contributed by atoms with van der Waals surface area (Å²) in [6, 6.07) is 0.470. The lowest BCUT2D eigenvalue weighted by Crippen LogP contribution is -2.22. The number of nitrogens with one attached hydrogen (secondary N) is 1.